The van der Waals surface area contributed by atoms with Crippen molar-refractivity contribution in [3.63, 3.8) is 0 Å². The largest absolute Gasteiger partial charge is 0.723 e. The Hall–Kier alpha value is -0.0657. The van der Waals surface area contributed by atoms with Gasteiger partial charge in [0.25, 0.3) is 0 Å². The van der Waals surface area contributed by atoms with Gasteiger partial charge in [-0.2, -0.15) is 0 Å². The molecule has 0 heterocycles. The van der Waals surface area contributed by atoms with E-state index in [1.807, 2.05) is 0 Å². The smallest absolute Gasteiger partial charge is 0 e. The first-order valence-electron chi connectivity index (χ1n) is 5.64. The van der Waals surface area contributed by atoms with E-state index >= 15 is 0 Å². The molecule has 0 unspecified atom stereocenters. The number of hydrogen-bond acceptors (Lipinski definition) is 0. The van der Waals surface area contributed by atoms with Gasteiger partial charge in [-0.05, 0) is 13.8 Å². The van der Waals surface area contributed by atoms with Crippen LogP contribution in [0.1, 0.15) is 25.0 Å². The van der Waals surface area contributed by atoms with Crippen molar-refractivity contribution in [2.45, 2.75) is 27.7 Å². The van der Waals surface area contributed by atoms with E-state index in [4.69, 9.17) is 0 Å². The van der Waals surface area contributed by atoms with Crippen molar-refractivity contribution in [3.05, 3.63) is 72.9 Å². The van der Waals surface area contributed by atoms with Crippen LogP contribution < -0.4 is 0 Å². The molecule has 1 saturated carbocycles. The first-order valence-corrected chi connectivity index (χ1v) is 5.64. The number of benzene rings is 1. The Labute approximate surface area is 122 Å². The Balaban J connectivity index is 0.000000284. The molecule has 1 aromatic rings. The topological polar surface area (TPSA) is 0 Å². The summed E-state index contributed by atoms with van der Waals surface area (Å²) in [5.41, 5.74) is 2.66. The van der Waals surface area contributed by atoms with Crippen molar-refractivity contribution >= 4 is 0 Å². The van der Waals surface area contributed by atoms with Gasteiger partial charge in [-0.3, -0.25) is 0 Å². The van der Waals surface area contributed by atoms with E-state index in [0.717, 1.165) is 0 Å². The van der Waals surface area contributed by atoms with Crippen molar-refractivity contribution in [1.82, 2.24) is 0 Å². The van der Waals surface area contributed by atoms with Crippen LogP contribution in [0.5, 0.6) is 0 Å². The Morgan fingerprint density at radius 1 is 0.706 bits per heavy atom. The van der Waals surface area contributed by atoms with Crippen molar-refractivity contribution in [2.75, 3.05) is 0 Å². The molecule has 1 aromatic carbocycles. The van der Waals surface area contributed by atoms with E-state index in [1.165, 1.54) is 23.0 Å². The average molecular weight is 260 g/mol. The van der Waals surface area contributed by atoms with Gasteiger partial charge < -0.3 is 37.5 Å². The van der Waals surface area contributed by atoms with Gasteiger partial charge in [-0.25, -0.2) is 13.8 Å². The molecule has 17 heavy (non-hydrogen) atoms. The Morgan fingerprint density at radius 2 is 0.941 bits per heavy atom. The molecule has 0 N–H and O–H groups in total. The summed E-state index contributed by atoms with van der Waals surface area (Å²) < 4.78 is 0. The molecule has 0 aliphatic heterocycles. The number of aryl methyl sites for hydroxylation is 2. The third-order valence-electron chi connectivity index (χ3n) is 2.44. The van der Waals surface area contributed by atoms with Crippen LogP contribution in [-0.2, 0) is 21.7 Å². The molecule has 1 fully saturated rings. The molecule has 94 valence electrons. The van der Waals surface area contributed by atoms with Crippen LogP contribution in [0.15, 0.2) is 24.3 Å². The second-order valence-corrected chi connectivity index (χ2v) is 4.31. The summed E-state index contributed by atoms with van der Waals surface area (Å²) in [4.78, 5) is 0. The quantitative estimate of drug-likeness (QED) is 0.481. The van der Waals surface area contributed by atoms with Crippen molar-refractivity contribution in [1.29, 1.82) is 0 Å². The second kappa shape index (κ2) is 8.94. The van der Waals surface area contributed by atoms with Crippen molar-refractivity contribution in [3.8, 4) is 0 Å². The molecule has 1 heteroatoms. The minimum absolute atomic E-state index is 0. The molecule has 0 nitrogen and oxygen atoms in total. The predicted molar refractivity (Wildman–Crippen MR) is 71.0 cm³/mol. The first kappa shape index (κ1) is 16.9. The van der Waals surface area contributed by atoms with E-state index < -0.39 is 0 Å². The number of hydrogen-bond donors (Lipinski definition) is 0. The first-order chi connectivity index (χ1) is 7.58. The Kier molecular flexibility index (Phi) is 8.91. The van der Waals surface area contributed by atoms with Gasteiger partial charge in [0.1, 0.15) is 0 Å². The summed E-state index contributed by atoms with van der Waals surface area (Å²) in [6, 6.07) is 8.48. The van der Waals surface area contributed by atoms with Gasteiger partial charge in [-0.15, -0.1) is 0 Å². The third kappa shape index (κ3) is 7.79. The van der Waals surface area contributed by atoms with E-state index in [9.17, 15) is 0 Å². The normalized spacial score (nSPS) is 16.7. The van der Waals surface area contributed by atoms with Crippen LogP contribution in [0.2, 0.25) is 0 Å². The van der Waals surface area contributed by atoms with Crippen molar-refractivity contribution < 1.29 is 21.7 Å². The summed E-state index contributed by atoms with van der Waals surface area (Å²) in [6.45, 7) is 8.39. The molecule has 0 amide bonds. The van der Waals surface area contributed by atoms with Gasteiger partial charge in [-0.1, -0.05) is 35.4 Å². The molecule has 0 spiro atoms. The third-order valence-corrected chi connectivity index (χ3v) is 2.44. The molecule has 0 saturated heterocycles. The van der Waals surface area contributed by atoms with Crippen LogP contribution in [-0.4, -0.2) is 0 Å². The SMILES string of the molecule is C[C-]1[CH-][CH-][C-](C)[CH-][CH-]1.Cc1ccc(C)cc1.[Ti]. The molecule has 0 bridgehead atoms. The zero-order chi connectivity index (χ0) is 12.0. The fraction of sp³-hybridized carbons (Fsp3) is 0.250. The van der Waals surface area contributed by atoms with Gasteiger partial charge in [0.2, 0.25) is 0 Å². The zero-order valence-corrected chi connectivity index (χ0v) is 12.7. The van der Waals surface area contributed by atoms with E-state index in [-0.39, 0.29) is 21.7 Å². The van der Waals surface area contributed by atoms with Crippen LogP contribution >= 0.6 is 0 Å². The summed E-state index contributed by atoms with van der Waals surface area (Å²) in [6.07, 6.45) is 8.48. The van der Waals surface area contributed by atoms with Crippen LogP contribution in [0.25, 0.3) is 0 Å². The predicted octanol–water partition coefficient (Wildman–Crippen LogP) is 4.31. The second-order valence-electron chi connectivity index (χ2n) is 4.31. The molecule has 0 radical (unpaired) electrons. The molecule has 0 aromatic heterocycles. The molecule has 1 aliphatic rings. The maximum absolute atomic E-state index is 2.12. The molecular formula is C16H20Ti-6. The van der Waals surface area contributed by atoms with Gasteiger partial charge >= 0.3 is 0 Å². The summed E-state index contributed by atoms with van der Waals surface area (Å²) in [5, 5.41) is 0. The van der Waals surface area contributed by atoms with E-state index in [1.54, 1.807) is 0 Å². The fourth-order valence-electron chi connectivity index (χ4n) is 1.27. The number of rotatable bonds is 0. The van der Waals surface area contributed by atoms with Crippen molar-refractivity contribution in [2.24, 2.45) is 0 Å². The Morgan fingerprint density at radius 3 is 1.18 bits per heavy atom. The molecule has 1 aliphatic carbocycles. The maximum Gasteiger partial charge on any atom is 0 e. The van der Waals surface area contributed by atoms with Crippen LogP contribution in [0.4, 0.5) is 0 Å². The molecule has 0 atom stereocenters. The van der Waals surface area contributed by atoms with Gasteiger partial charge in [0, 0.05) is 21.7 Å². The van der Waals surface area contributed by atoms with E-state index in [2.05, 4.69) is 77.6 Å². The van der Waals surface area contributed by atoms with Gasteiger partial charge in [0.05, 0.1) is 0 Å². The summed E-state index contributed by atoms with van der Waals surface area (Å²) in [5.74, 6) is 2.66. The van der Waals surface area contributed by atoms with Crippen LogP contribution in [0, 0.1) is 51.4 Å². The van der Waals surface area contributed by atoms with Crippen LogP contribution in [0.3, 0.4) is 0 Å². The Bertz CT molecular complexity index is 250. The minimum atomic E-state index is 0. The molecular weight excluding hydrogens is 240 g/mol. The average Bonchev–Trinajstić information content (AvgIpc) is 2.28. The maximum atomic E-state index is 2.12. The zero-order valence-electron chi connectivity index (χ0n) is 11.1. The van der Waals surface area contributed by atoms with E-state index in [0.29, 0.717) is 0 Å². The molecule has 2 rings (SSSR count). The monoisotopic (exact) mass is 260 g/mol. The summed E-state index contributed by atoms with van der Waals surface area (Å²) >= 11 is 0. The minimum Gasteiger partial charge on any atom is -0.723 e. The fourth-order valence-corrected chi connectivity index (χ4v) is 1.27. The standard InChI is InChI=1S/2C8H10.Ti/c2*1-7-3-5-8(2)6-4-7;/h2*3-6H,1-2H3;/q;-6;. The van der Waals surface area contributed by atoms with Gasteiger partial charge in [0.15, 0.2) is 0 Å². The summed E-state index contributed by atoms with van der Waals surface area (Å²) in [7, 11) is 0.